The van der Waals surface area contributed by atoms with Gasteiger partial charge in [-0.3, -0.25) is 4.79 Å². The predicted octanol–water partition coefficient (Wildman–Crippen LogP) is 3.27. The van der Waals surface area contributed by atoms with Gasteiger partial charge >= 0.3 is 0 Å². The molecule has 1 heterocycles. The zero-order valence-electron chi connectivity index (χ0n) is 14.1. The first-order valence-corrected chi connectivity index (χ1v) is 8.36. The summed E-state index contributed by atoms with van der Waals surface area (Å²) in [5, 5.41) is 17.4. The molecule has 0 unspecified atom stereocenters. The normalized spacial score (nSPS) is 10.5. The molecule has 7 heteroatoms. The third kappa shape index (κ3) is 3.81. The molecule has 6 nitrogen and oxygen atoms in total. The molecule has 0 spiro atoms. The highest BCUT2D eigenvalue weighted by molar-refractivity contribution is 6.32. The zero-order chi connectivity index (χ0) is 18.5. The van der Waals surface area contributed by atoms with Gasteiger partial charge in [0.2, 0.25) is 0 Å². The molecular formula is C19H18ClN3O3. The number of nitrogens with one attached hydrogen (secondary N) is 1. The molecule has 0 aliphatic heterocycles. The topological polar surface area (TPSA) is 76.4 Å². The quantitative estimate of drug-likeness (QED) is 0.695. The lowest BCUT2D eigenvalue weighted by atomic mass is 10.2. The van der Waals surface area contributed by atoms with Gasteiger partial charge in [0.1, 0.15) is 5.02 Å². The number of aromatic hydroxyl groups is 1. The van der Waals surface area contributed by atoms with E-state index in [0.717, 1.165) is 5.56 Å². The van der Waals surface area contributed by atoms with Crippen LogP contribution in [-0.2, 0) is 13.1 Å². The molecule has 134 valence electrons. The largest absolute Gasteiger partial charge is 0.504 e. The molecule has 3 rings (SSSR count). The summed E-state index contributed by atoms with van der Waals surface area (Å²) >= 11 is 6.21. The number of hydrogen-bond donors (Lipinski definition) is 2. The number of rotatable bonds is 6. The lowest BCUT2D eigenvalue weighted by molar-refractivity contribution is 0.371. The van der Waals surface area contributed by atoms with E-state index in [2.05, 4.69) is 10.4 Å². The Morgan fingerprint density at radius 2 is 1.96 bits per heavy atom. The minimum absolute atomic E-state index is 0.0454. The SMILES string of the molecule is COc1cccc(CNc2cnn(Cc3ccccc3)c(=O)c2Cl)c1O. The van der Waals surface area contributed by atoms with E-state index in [0.29, 0.717) is 23.5 Å². The summed E-state index contributed by atoms with van der Waals surface area (Å²) in [6.07, 6.45) is 1.50. The number of methoxy groups -OCH3 is 1. The van der Waals surface area contributed by atoms with Crippen LogP contribution < -0.4 is 15.6 Å². The first-order valence-electron chi connectivity index (χ1n) is 7.98. The lowest BCUT2D eigenvalue weighted by Gasteiger charge is -2.12. The van der Waals surface area contributed by atoms with E-state index in [9.17, 15) is 9.90 Å². The predicted molar refractivity (Wildman–Crippen MR) is 101 cm³/mol. The van der Waals surface area contributed by atoms with Crippen molar-refractivity contribution >= 4 is 17.3 Å². The second-order valence-electron chi connectivity index (χ2n) is 5.64. The number of hydrogen-bond acceptors (Lipinski definition) is 5. The zero-order valence-corrected chi connectivity index (χ0v) is 14.9. The number of anilines is 1. The Morgan fingerprint density at radius 1 is 1.19 bits per heavy atom. The molecule has 2 N–H and O–H groups in total. The summed E-state index contributed by atoms with van der Waals surface area (Å²) in [5.41, 5.74) is 1.60. The maximum Gasteiger partial charge on any atom is 0.287 e. The number of para-hydroxylation sites is 1. The molecule has 0 saturated carbocycles. The Morgan fingerprint density at radius 3 is 2.69 bits per heavy atom. The van der Waals surface area contributed by atoms with Crippen LogP contribution in [-0.4, -0.2) is 22.0 Å². The summed E-state index contributed by atoms with van der Waals surface area (Å²) in [4.78, 5) is 12.4. The summed E-state index contributed by atoms with van der Waals surface area (Å²) in [5.74, 6) is 0.427. The van der Waals surface area contributed by atoms with E-state index in [1.807, 2.05) is 30.3 Å². The van der Waals surface area contributed by atoms with Gasteiger partial charge in [-0.05, 0) is 11.6 Å². The molecule has 3 aromatic rings. The van der Waals surface area contributed by atoms with Gasteiger partial charge in [-0.2, -0.15) is 5.10 Å². The van der Waals surface area contributed by atoms with Crippen LogP contribution in [0, 0.1) is 0 Å². The first-order chi connectivity index (χ1) is 12.6. The lowest BCUT2D eigenvalue weighted by Crippen LogP contribution is -2.24. The molecule has 26 heavy (non-hydrogen) atoms. The average Bonchev–Trinajstić information content (AvgIpc) is 2.67. The molecule has 0 saturated heterocycles. The van der Waals surface area contributed by atoms with E-state index < -0.39 is 0 Å². The van der Waals surface area contributed by atoms with Crippen LogP contribution in [0.25, 0.3) is 0 Å². The second-order valence-corrected chi connectivity index (χ2v) is 6.02. The summed E-state index contributed by atoms with van der Waals surface area (Å²) in [6.45, 7) is 0.614. The minimum Gasteiger partial charge on any atom is -0.504 e. The van der Waals surface area contributed by atoms with Crippen molar-refractivity contribution in [3.63, 3.8) is 0 Å². The van der Waals surface area contributed by atoms with Gasteiger partial charge in [0.15, 0.2) is 11.5 Å². The number of nitrogens with zero attached hydrogens (tertiary/aromatic N) is 2. The van der Waals surface area contributed by atoms with Gasteiger partial charge in [0.05, 0.1) is 25.5 Å². The van der Waals surface area contributed by atoms with Crippen LogP contribution in [0.15, 0.2) is 59.5 Å². The van der Waals surface area contributed by atoms with Crippen LogP contribution in [0.5, 0.6) is 11.5 Å². The third-order valence-electron chi connectivity index (χ3n) is 3.93. The molecule has 0 aliphatic rings. The van der Waals surface area contributed by atoms with Crippen molar-refractivity contribution < 1.29 is 9.84 Å². The highest BCUT2D eigenvalue weighted by Gasteiger charge is 2.12. The van der Waals surface area contributed by atoms with Crippen molar-refractivity contribution in [3.8, 4) is 11.5 Å². The summed E-state index contributed by atoms with van der Waals surface area (Å²) in [6, 6.07) is 14.7. The van der Waals surface area contributed by atoms with Gasteiger partial charge in [-0.1, -0.05) is 54.1 Å². The fraction of sp³-hybridized carbons (Fsp3) is 0.158. The Balaban J connectivity index is 1.78. The van der Waals surface area contributed by atoms with Gasteiger partial charge in [-0.25, -0.2) is 4.68 Å². The number of aromatic nitrogens is 2. The number of ether oxygens (including phenoxy) is 1. The monoisotopic (exact) mass is 371 g/mol. The van der Waals surface area contributed by atoms with Crippen LogP contribution in [0.1, 0.15) is 11.1 Å². The van der Waals surface area contributed by atoms with E-state index >= 15 is 0 Å². The number of phenols is 1. The van der Waals surface area contributed by atoms with Crippen LogP contribution in [0.3, 0.4) is 0 Å². The van der Waals surface area contributed by atoms with Crippen molar-refractivity contribution in [1.29, 1.82) is 0 Å². The van der Waals surface area contributed by atoms with Gasteiger partial charge in [-0.15, -0.1) is 0 Å². The molecule has 1 aromatic heterocycles. The molecular weight excluding hydrogens is 354 g/mol. The summed E-state index contributed by atoms with van der Waals surface area (Å²) < 4.78 is 6.39. The highest BCUT2D eigenvalue weighted by Crippen LogP contribution is 2.30. The number of phenolic OH excluding ortho intramolecular Hbond substituents is 1. The molecule has 0 amide bonds. The first kappa shape index (κ1) is 17.8. The molecule has 2 aromatic carbocycles. The van der Waals surface area contributed by atoms with Crippen molar-refractivity contribution in [2.45, 2.75) is 13.1 Å². The van der Waals surface area contributed by atoms with Crippen LogP contribution in [0.4, 0.5) is 5.69 Å². The molecule has 0 radical (unpaired) electrons. The molecule has 0 atom stereocenters. The fourth-order valence-corrected chi connectivity index (χ4v) is 2.74. The number of halogens is 1. The minimum atomic E-state index is -0.379. The fourth-order valence-electron chi connectivity index (χ4n) is 2.52. The average molecular weight is 372 g/mol. The molecule has 0 fully saturated rings. The second kappa shape index (κ2) is 7.93. The summed E-state index contributed by atoms with van der Waals surface area (Å²) in [7, 11) is 1.49. The van der Waals surface area contributed by atoms with Gasteiger partial charge < -0.3 is 15.2 Å². The van der Waals surface area contributed by atoms with Crippen molar-refractivity contribution in [2.75, 3.05) is 12.4 Å². The standard InChI is InChI=1S/C19H18ClN3O3/c1-26-16-9-5-8-14(18(16)24)10-21-15-11-22-23(19(25)17(15)20)12-13-6-3-2-4-7-13/h2-9,11,21,24H,10,12H2,1H3. The Bertz CT molecular complexity index is 958. The number of benzene rings is 2. The van der Waals surface area contributed by atoms with Crippen LogP contribution in [0.2, 0.25) is 5.02 Å². The van der Waals surface area contributed by atoms with Crippen molar-refractivity contribution in [1.82, 2.24) is 9.78 Å². The molecule has 0 bridgehead atoms. The third-order valence-corrected chi connectivity index (χ3v) is 4.30. The Kier molecular flexibility index (Phi) is 5.43. The van der Waals surface area contributed by atoms with Gasteiger partial charge in [0.25, 0.3) is 5.56 Å². The van der Waals surface area contributed by atoms with Crippen molar-refractivity contribution in [3.05, 3.63) is 81.2 Å². The van der Waals surface area contributed by atoms with E-state index in [1.165, 1.54) is 18.0 Å². The van der Waals surface area contributed by atoms with E-state index in [-0.39, 0.29) is 22.9 Å². The van der Waals surface area contributed by atoms with Crippen LogP contribution >= 0.6 is 11.6 Å². The Hall–Kier alpha value is -2.99. The molecule has 0 aliphatic carbocycles. The van der Waals surface area contributed by atoms with E-state index in [1.54, 1.807) is 18.2 Å². The van der Waals surface area contributed by atoms with E-state index in [4.69, 9.17) is 16.3 Å². The van der Waals surface area contributed by atoms with Gasteiger partial charge in [0, 0.05) is 12.1 Å². The smallest absolute Gasteiger partial charge is 0.287 e. The maximum atomic E-state index is 12.4. The highest BCUT2D eigenvalue weighted by atomic mass is 35.5. The Labute approximate surface area is 155 Å². The van der Waals surface area contributed by atoms with Crippen molar-refractivity contribution in [2.24, 2.45) is 0 Å². The maximum absolute atomic E-state index is 12.4.